The van der Waals surface area contributed by atoms with Gasteiger partial charge < -0.3 is 18.9 Å². The van der Waals surface area contributed by atoms with E-state index in [1.165, 1.54) is 12.0 Å². The van der Waals surface area contributed by atoms with Crippen LogP contribution in [0.2, 0.25) is 0 Å². The van der Waals surface area contributed by atoms with E-state index in [4.69, 9.17) is 18.9 Å². The molecular formula is C27H42O5. The summed E-state index contributed by atoms with van der Waals surface area (Å²) in [6.45, 7) is 8.31. The standard InChI is InChI=1S/C27H42O5/c1-18(2)12-22-13-19(3)14-25(28)26(32-27-6-4-5-9-31-27)16-21-8-7-20-15-23(17-24(20)21)30-11-10-29-22/h12,16,19-24,27H,4-11,13-15,17H2,1-3H3/t19-,20?,21-,22?,23?,24-,27?/m1/s1. The predicted octanol–water partition coefficient (Wildman–Crippen LogP) is 5.59. The molecule has 0 spiro atoms. The van der Waals surface area contributed by atoms with Crippen molar-refractivity contribution in [2.24, 2.45) is 23.7 Å². The van der Waals surface area contributed by atoms with E-state index in [1.54, 1.807) is 0 Å². The fraction of sp³-hybridized carbons (Fsp3) is 0.815. The van der Waals surface area contributed by atoms with E-state index in [1.807, 2.05) is 0 Å². The molecule has 2 heterocycles. The van der Waals surface area contributed by atoms with Crippen LogP contribution >= 0.6 is 0 Å². The molecule has 2 aliphatic heterocycles. The van der Waals surface area contributed by atoms with Gasteiger partial charge in [-0.25, -0.2) is 0 Å². The van der Waals surface area contributed by atoms with E-state index in [-0.39, 0.29) is 24.1 Å². The molecule has 2 aliphatic carbocycles. The van der Waals surface area contributed by atoms with E-state index < -0.39 is 0 Å². The lowest BCUT2D eigenvalue weighted by Crippen LogP contribution is -2.26. The van der Waals surface area contributed by atoms with Crippen LogP contribution in [-0.4, -0.2) is 44.1 Å². The summed E-state index contributed by atoms with van der Waals surface area (Å²) in [5, 5.41) is 0. The van der Waals surface area contributed by atoms with Gasteiger partial charge in [0, 0.05) is 12.8 Å². The monoisotopic (exact) mass is 446 g/mol. The maximum atomic E-state index is 13.4. The average molecular weight is 447 g/mol. The minimum atomic E-state index is -0.282. The minimum Gasteiger partial charge on any atom is -0.462 e. The van der Waals surface area contributed by atoms with E-state index >= 15 is 0 Å². The lowest BCUT2D eigenvalue weighted by molar-refractivity contribution is -0.150. The van der Waals surface area contributed by atoms with Crippen LogP contribution in [0.25, 0.3) is 0 Å². The smallest absolute Gasteiger partial charge is 0.199 e. The second-order valence-electron chi connectivity index (χ2n) is 10.7. The van der Waals surface area contributed by atoms with Gasteiger partial charge in [0.05, 0.1) is 32.0 Å². The van der Waals surface area contributed by atoms with Crippen molar-refractivity contribution in [2.45, 2.75) is 97.1 Å². The summed E-state index contributed by atoms with van der Waals surface area (Å²) < 4.78 is 24.5. The molecule has 2 bridgehead atoms. The number of hydrogen-bond acceptors (Lipinski definition) is 5. The van der Waals surface area contributed by atoms with E-state index in [0.717, 1.165) is 51.6 Å². The third-order valence-corrected chi connectivity index (χ3v) is 7.62. The number of fused-ring (bicyclic) bond motifs is 1. The van der Waals surface area contributed by atoms with Crippen molar-refractivity contribution in [1.82, 2.24) is 0 Å². The third-order valence-electron chi connectivity index (χ3n) is 7.62. The molecule has 0 aromatic heterocycles. The Morgan fingerprint density at radius 3 is 2.62 bits per heavy atom. The summed E-state index contributed by atoms with van der Waals surface area (Å²) in [4.78, 5) is 13.4. The molecule has 0 radical (unpaired) electrons. The molecule has 3 fully saturated rings. The average Bonchev–Trinajstić information content (AvgIpc) is 3.31. The van der Waals surface area contributed by atoms with Crippen molar-refractivity contribution in [3.05, 3.63) is 23.5 Å². The third kappa shape index (κ3) is 6.45. The van der Waals surface area contributed by atoms with Crippen LogP contribution in [0.4, 0.5) is 0 Å². The summed E-state index contributed by atoms with van der Waals surface area (Å²) in [6, 6.07) is 0. The Hall–Kier alpha value is -1.17. The zero-order valence-corrected chi connectivity index (χ0v) is 20.2. The molecule has 5 nitrogen and oxygen atoms in total. The van der Waals surface area contributed by atoms with Crippen LogP contribution in [0.5, 0.6) is 0 Å². The Bertz CT molecular complexity index is 688. The highest BCUT2D eigenvalue weighted by molar-refractivity contribution is 5.93. The number of carbonyl (C=O) groups excluding carboxylic acids is 1. The van der Waals surface area contributed by atoms with Gasteiger partial charge in [-0.2, -0.15) is 0 Å². The Labute approximate surface area is 193 Å². The van der Waals surface area contributed by atoms with Gasteiger partial charge >= 0.3 is 0 Å². The zero-order chi connectivity index (χ0) is 22.5. The first kappa shape index (κ1) is 24.0. The van der Waals surface area contributed by atoms with E-state index in [2.05, 4.69) is 32.9 Å². The molecule has 0 aromatic carbocycles. The normalized spacial score (nSPS) is 39.0. The van der Waals surface area contributed by atoms with Crippen molar-refractivity contribution in [3.63, 3.8) is 0 Å². The fourth-order valence-electron chi connectivity index (χ4n) is 6.13. The molecule has 0 amide bonds. The molecule has 4 aliphatic rings. The van der Waals surface area contributed by atoms with Crippen molar-refractivity contribution in [2.75, 3.05) is 19.8 Å². The van der Waals surface area contributed by atoms with Gasteiger partial charge in [-0.15, -0.1) is 0 Å². The van der Waals surface area contributed by atoms with Gasteiger partial charge in [0.1, 0.15) is 0 Å². The molecular weight excluding hydrogens is 404 g/mol. The largest absolute Gasteiger partial charge is 0.462 e. The highest BCUT2D eigenvalue weighted by Crippen LogP contribution is 2.49. The SMILES string of the molecule is CC(C)=CC1C[C@@H](C)CC(=O)C(OC2CCCCO2)=C[C@H]2CCC3CC(C[C@H]32)OCCO1. The van der Waals surface area contributed by atoms with Crippen molar-refractivity contribution < 1.29 is 23.7 Å². The number of allylic oxidation sites excluding steroid dienone is 3. The first-order chi connectivity index (χ1) is 15.5. The summed E-state index contributed by atoms with van der Waals surface area (Å²) >= 11 is 0. The molecule has 0 N–H and O–H groups in total. The lowest BCUT2D eigenvalue weighted by Gasteiger charge is -2.26. The second kappa shape index (κ2) is 11.3. The van der Waals surface area contributed by atoms with Crippen LogP contribution in [0, 0.1) is 23.7 Å². The topological polar surface area (TPSA) is 54.0 Å². The number of ether oxygens (including phenoxy) is 4. The van der Waals surface area contributed by atoms with E-state index in [9.17, 15) is 4.79 Å². The maximum absolute atomic E-state index is 13.4. The fourth-order valence-corrected chi connectivity index (χ4v) is 6.13. The number of ketones is 1. The molecule has 1 saturated heterocycles. The zero-order valence-electron chi connectivity index (χ0n) is 20.2. The molecule has 4 unspecified atom stereocenters. The number of carbonyl (C=O) groups is 1. The van der Waals surface area contributed by atoms with Gasteiger partial charge in [-0.3, -0.25) is 4.79 Å². The molecule has 0 aromatic rings. The lowest BCUT2D eigenvalue weighted by atomic mass is 9.90. The molecule has 180 valence electrons. The predicted molar refractivity (Wildman–Crippen MR) is 124 cm³/mol. The molecule has 2 saturated carbocycles. The van der Waals surface area contributed by atoms with Crippen LogP contribution in [0.1, 0.15) is 78.6 Å². The second-order valence-corrected chi connectivity index (χ2v) is 10.7. The van der Waals surface area contributed by atoms with Crippen LogP contribution in [0.15, 0.2) is 23.5 Å². The number of rotatable bonds is 3. The molecule has 5 heteroatoms. The Kier molecular flexibility index (Phi) is 8.47. The van der Waals surface area contributed by atoms with Crippen LogP contribution in [0.3, 0.4) is 0 Å². The number of Topliss-reactive ketones (excluding diaryl/α,β-unsaturated/α-hetero) is 1. The van der Waals surface area contributed by atoms with Gasteiger partial charge in [-0.05, 0) is 88.5 Å². The van der Waals surface area contributed by atoms with Gasteiger partial charge in [0.25, 0.3) is 0 Å². The number of hydrogen-bond donors (Lipinski definition) is 0. The first-order valence-electron chi connectivity index (χ1n) is 12.9. The van der Waals surface area contributed by atoms with Crippen molar-refractivity contribution in [3.8, 4) is 0 Å². The minimum absolute atomic E-state index is 0.0130. The Balaban J connectivity index is 1.54. The highest BCUT2D eigenvalue weighted by atomic mass is 16.7. The summed E-state index contributed by atoms with van der Waals surface area (Å²) in [7, 11) is 0. The maximum Gasteiger partial charge on any atom is 0.199 e. The molecule has 4 rings (SSSR count). The Morgan fingerprint density at radius 1 is 1.00 bits per heavy atom. The Morgan fingerprint density at radius 2 is 1.84 bits per heavy atom. The quantitative estimate of drug-likeness (QED) is 0.529. The van der Waals surface area contributed by atoms with Crippen molar-refractivity contribution >= 4 is 5.78 Å². The summed E-state index contributed by atoms with van der Waals surface area (Å²) in [6.07, 6.45) is 13.3. The van der Waals surface area contributed by atoms with Gasteiger partial charge in [-0.1, -0.05) is 18.6 Å². The first-order valence-corrected chi connectivity index (χ1v) is 12.9. The van der Waals surface area contributed by atoms with Crippen LogP contribution in [-0.2, 0) is 23.7 Å². The van der Waals surface area contributed by atoms with Crippen molar-refractivity contribution in [1.29, 1.82) is 0 Å². The summed E-state index contributed by atoms with van der Waals surface area (Å²) in [5.41, 5.74) is 1.24. The van der Waals surface area contributed by atoms with E-state index in [0.29, 0.717) is 49.3 Å². The molecule has 7 atom stereocenters. The van der Waals surface area contributed by atoms with Gasteiger partial charge in [0.15, 0.2) is 17.8 Å². The summed E-state index contributed by atoms with van der Waals surface area (Å²) in [5.74, 6) is 2.59. The van der Waals surface area contributed by atoms with Crippen LogP contribution < -0.4 is 0 Å². The molecule has 32 heavy (non-hydrogen) atoms. The highest BCUT2D eigenvalue weighted by Gasteiger charge is 2.43. The van der Waals surface area contributed by atoms with Gasteiger partial charge in [0.2, 0.25) is 0 Å².